The third-order valence-electron chi connectivity index (χ3n) is 4.37. The van der Waals surface area contributed by atoms with Crippen molar-refractivity contribution in [3.8, 4) is 11.3 Å². The van der Waals surface area contributed by atoms with Gasteiger partial charge >= 0.3 is 0 Å². The fraction of sp³-hybridized carbons (Fsp3) is 0.316. The molecule has 6 nitrogen and oxygen atoms in total. The second-order valence-corrected chi connectivity index (χ2v) is 6.39. The van der Waals surface area contributed by atoms with Crippen LogP contribution in [0.5, 0.6) is 0 Å². The number of hydrogen-bond donors (Lipinski definition) is 1. The van der Waals surface area contributed by atoms with E-state index in [0.717, 1.165) is 5.56 Å². The lowest BCUT2D eigenvalue weighted by atomic mass is 10.1. The zero-order valence-electron chi connectivity index (χ0n) is 14.9. The van der Waals surface area contributed by atoms with E-state index in [4.69, 9.17) is 4.52 Å². The maximum absolute atomic E-state index is 12.8. The van der Waals surface area contributed by atoms with Crippen molar-refractivity contribution in [3.63, 3.8) is 0 Å². The molecular formula is C19H22N4O2. The van der Waals surface area contributed by atoms with Gasteiger partial charge in [0.05, 0.1) is 22.3 Å². The molecule has 1 amide bonds. The van der Waals surface area contributed by atoms with E-state index in [1.807, 2.05) is 51.4 Å². The van der Waals surface area contributed by atoms with Gasteiger partial charge in [-0.05, 0) is 34.0 Å². The number of nitrogens with one attached hydrogen (secondary N) is 1. The standard InChI is InChI=1S/C19H22N4O2/c1-12(23(3)4)11-20-18(24)15-10-16(14-8-6-5-7-9-14)21-19-17(15)13(2)22-25-19/h5-10,12H,11H2,1-4H3,(H,20,24). The largest absolute Gasteiger partial charge is 0.350 e. The lowest BCUT2D eigenvalue weighted by molar-refractivity contribution is 0.0945. The summed E-state index contributed by atoms with van der Waals surface area (Å²) in [4.78, 5) is 19.4. The highest BCUT2D eigenvalue weighted by molar-refractivity contribution is 6.07. The van der Waals surface area contributed by atoms with E-state index in [9.17, 15) is 4.79 Å². The average Bonchev–Trinajstić information content (AvgIpc) is 3.00. The van der Waals surface area contributed by atoms with Crippen molar-refractivity contribution < 1.29 is 9.32 Å². The molecule has 2 heterocycles. The fourth-order valence-electron chi connectivity index (χ4n) is 2.55. The molecule has 6 heteroatoms. The van der Waals surface area contributed by atoms with Gasteiger partial charge in [-0.3, -0.25) is 4.79 Å². The van der Waals surface area contributed by atoms with Crippen molar-refractivity contribution in [3.05, 3.63) is 47.7 Å². The number of aromatic nitrogens is 2. The van der Waals surface area contributed by atoms with E-state index in [-0.39, 0.29) is 11.9 Å². The van der Waals surface area contributed by atoms with E-state index in [2.05, 4.69) is 27.3 Å². The predicted octanol–water partition coefficient (Wildman–Crippen LogP) is 2.88. The van der Waals surface area contributed by atoms with Crippen molar-refractivity contribution in [2.75, 3.05) is 20.6 Å². The molecule has 1 N–H and O–H groups in total. The van der Waals surface area contributed by atoms with Crippen LogP contribution < -0.4 is 5.32 Å². The molecule has 25 heavy (non-hydrogen) atoms. The summed E-state index contributed by atoms with van der Waals surface area (Å²) in [7, 11) is 3.97. The van der Waals surface area contributed by atoms with E-state index < -0.39 is 0 Å². The number of nitrogens with zero attached hydrogens (tertiary/aromatic N) is 3. The first kappa shape index (κ1) is 17.1. The van der Waals surface area contributed by atoms with E-state index >= 15 is 0 Å². The number of aryl methyl sites for hydroxylation is 1. The first-order valence-corrected chi connectivity index (χ1v) is 8.24. The monoisotopic (exact) mass is 338 g/mol. The molecule has 0 saturated carbocycles. The van der Waals surface area contributed by atoms with Crippen molar-refractivity contribution in [2.24, 2.45) is 0 Å². The van der Waals surface area contributed by atoms with Gasteiger partial charge in [0, 0.05) is 18.2 Å². The quantitative estimate of drug-likeness (QED) is 0.774. The van der Waals surface area contributed by atoms with Crippen LogP contribution in [0.4, 0.5) is 0 Å². The number of likely N-dealkylation sites (N-methyl/N-ethyl adjacent to an activating group) is 1. The van der Waals surface area contributed by atoms with E-state index in [1.54, 1.807) is 6.07 Å². The zero-order valence-corrected chi connectivity index (χ0v) is 14.9. The minimum atomic E-state index is -0.149. The topological polar surface area (TPSA) is 71.3 Å². The van der Waals surface area contributed by atoms with Crippen LogP contribution in [0, 0.1) is 6.92 Å². The van der Waals surface area contributed by atoms with Crippen LogP contribution in [0.2, 0.25) is 0 Å². The summed E-state index contributed by atoms with van der Waals surface area (Å²) < 4.78 is 5.32. The number of rotatable bonds is 5. The van der Waals surface area contributed by atoms with Crippen LogP contribution in [0.15, 0.2) is 40.9 Å². The Morgan fingerprint density at radius 3 is 2.68 bits per heavy atom. The Morgan fingerprint density at radius 2 is 2.00 bits per heavy atom. The van der Waals surface area contributed by atoms with Gasteiger partial charge in [-0.2, -0.15) is 0 Å². The molecule has 2 aromatic heterocycles. The number of fused-ring (bicyclic) bond motifs is 1. The van der Waals surface area contributed by atoms with Crippen LogP contribution in [0.1, 0.15) is 23.0 Å². The Balaban J connectivity index is 2.00. The second-order valence-electron chi connectivity index (χ2n) is 6.39. The van der Waals surface area contributed by atoms with Gasteiger partial charge in [0.2, 0.25) is 0 Å². The number of carbonyl (C=O) groups is 1. The average molecular weight is 338 g/mol. The molecule has 0 aliphatic carbocycles. The molecule has 130 valence electrons. The van der Waals surface area contributed by atoms with Gasteiger partial charge in [0.25, 0.3) is 11.6 Å². The second kappa shape index (κ2) is 7.03. The summed E-state index contributed by atoms with van der Waals surface area (Å²) in [5.74, 6) is -0.149. The third-order valence-corrected chi connectivity index (χ3v) is 4.37. The van der Waals surface area contributed by atoms with Gasteiger partial charge in [-0.1, -0.05) is 35.5 Å². The Bertz CT molecular complexity index is 887. The summed E-state index contributed by atoms with van der Waals surface area (Å²) >= 11 is 0. The summed E-state index contributed by atoms with van der Waals surface area (Å²) in [5.41, 5.74) is 3.19. The van der Waals surface area contributed by atoms with Gasteiger partial charge in [0.1, 0.15) is 0 Å². The molecule has 0 radical (unpaired) electrons. The van der Waals surface area contributed by atoms with Crippen LogP contribution >= 0.6 is 0 Å². The molecule has 0 aliphatic heterocycles. The predicted molar refractivity (Wildman–Crippen MR) is 97.5 cm³/mol. The first-order valence-electron chi connectivity index (χ1n) is 8.24. The van der Waals surface area contributed by atoms with Crippen LogP contribution in [-0.4, -0.2) is 47.6 Å². The minimum absolute atomic E-state index is 0.149. The molecule has 1 unspecified atom stereocenters. The molecule has 3 aromatic rings. The fourth-order valence-corrected chi connectivity index (χ4v) is 2.55. The maximum Gasteiger partial charge on any atom is 0.259 e. The molecule has 0 fully saturated rings. The van der Waals surface area contributed by atoms with Crippen molar-refractivity contribution in [2.45, 2.75) is 19.9 Å². The molecule has 1 aromatic carbocycles. The summed E-state index contributed by atoms with van der Waals surface area (Å²) in [5, 5.41) is 7.62. The summed E-state index contributed by atoms with van der Waals surface area (Å²) in [6.45, 7) is 4.43. The van der Waals surface area contributed by atoms with Crippen molar-refractivity contribution >= 4 is 17.0 Å². The third kappa shape index (κ3) is 3.53. The molecule has 0 spiro atoms. The van der Waals surface area contributed by atoms with Crippen LogP contribution in [0.25, 0.3) is 22.4 Å². The minimum Gasteiger partial charge on any atom is -0.350 e. The highest BCUT2D eigenvalue weighted by atomic mass is 16.5. The molecule has 3 rings (SSSR count). The smallest absolute Gasteiger partial charge is 0.259 e. The summed E-state index contributed by atoms with van der Waals surface area (Å²) in [6.07, 6.45) is 0. The molecule has 0 aliphatic rings. The van der Waals surface area contributed by atoms with Crippen molar-refractivity contribution in [1.82, 2.24) is 20.4 Å². The first-order chi connectivity index (χ1) is 12.0. The Labute approximate surface area is 146 Å². The van der Waals surface area contributed by atoms with Crippen LogP contribution in [0.3, 0.4) is 0 Å². The number of benzene rings is 1. The number of hydrogen-bond acceptors (Lipinski definition) is 5. The van der Waals surface area contributed by atoms with E-state index in [0.29, 0.717) is 34.6 Å². The maximum atomic E-state index is 12.8. The number of carbonyl (C=O) groups excluding carboxylic acids is 1. The van der Waals surface area contributed by atoms with Gasteiger partial charge < -0.3 is 14.7 Å². The Morgan fingerprint density at radius 1 is 1.28 bits per heavy atom. The SMILES string of the molecule is Cc1noc2nc(-c3ccccc3)cc(C(=O)NCC(C)N(C)C)c12. The Kier molecular flexibility index (Phi) is 4.81. The lowest BCUT2D eigenvalue weighted by Crippen LogP contribution is -2.38. The number of pyridine rings is 1. The normalized spacial score (nSPS) is 12.5. The molecular weight excluding hydrogens is 316 g/mol. The Hall–Kier alpha value is -2.73. The molecule has 0 saturated heterocycles. The highest BCUT2D eigenvalue weighted by Gasteiger charge is 2.19. The number of amides is 1. The van der Waals surface area contributed by atoms with Crippen molar-refractivity contribution in [1.29, 1.82) is 0 Å². The molecule has 0 bridgehead atoms. The highest BCUT2D eigenvalue weighted by Crippen LogP contribution is 2.26. The van der Waals surface area contributed by atoms with Gasteiger partial charge in [-0.15, -0.1) is 0 Å². The van der Waals surface area contributed by atoms with Gasteiger partial charge in [-0.25, -0.2) is 4.98 Å². The summed E-state index contributed by atoms with van der Waals surface area (Å²) in [6, 6.07) is 11.8. The van der Waals surface area contributed by atoms with Crippen LogP contribution in [-0.2, 0) is 0 Å². The lowest BCUT2D eigenvalue weighted by Gasteiger charge is -2.20. The van der Waals surface area contributed by atoms with Gasteiger partial charge in [0.15, 0.2) is 0 Å². The molecule has 1 atom stereocenters. The van der Waals surface area contributed by atoms with E-state index in [1.165, 1.54) is 0 Å². The zero-order chi connectivity index (χ0) is 18.0.